The van der Waals surface area contributed by atoms with Gasteiger partial charge in [-0.05, 0) is 71.7 Å². The first-order chi connectivity index (χ1) is 16.5. The molecule has 1 saturated heterocycles. The predicted molar refractivity (Wildman–Crippen MR) is 140 cm³/mol. The Bertz CT molecular complexity index is 1160. The largest absolute Gasteiger partial charge is 0.480 e. The molecule has 1 amide bonds. The highest BCUT2D eigenvalue weighted by Gasteiger charge is 2.18. The Balaban J connectivity index is 1.50. The number of hydrogen-bond donors (Lipinski definition) is 3. The van der Waals surface area contributed by atoms with Crippen LogP contribution in [-0.2, 0) is 0 Å². The van der Waals surface area contributed by atoms with E-state index in [1.165, 1.54) is 24.6 Å². The molecule has 1 aliphatic rings. The molecule has 1 fully saturated rings. The van der Waals surface area contributed by atoms with Crippen LogP contribution < -0.4 is 25.6 Å². The molecule has 3 N–H and O–H groups in total. The maximum absolute atomic E-state index is 12.8. The van der Waals surface area contributed by atoms with Crippen LogP contribution in [0.3, 0.4) is 0 Å². The van der Waals surface area contributed by atoms with Crippen molar-refractivity contribution in [2.45, 2.75) is 13.3 Å². The smallest absolute Gasteiger partial charge is 0.262 e. The Kier molecular flexibility index (Phi) is 7.87. The molecule has 8 nitrogen and oxygen atoms in total. The van der Waals surface area contributed by atoms with E-state index in [1.54, 1.807) is 18.2 Å². The van der Waals surface area contributed by atoms with Crippen molar-refractivity contribution in [1.29, 1.82) is 0 Å². The molecule has 0 unspecified atom stereocenters. The second-order valence-corrected chi connectivity index (χ2v) is 9.15. The van der Waals surface area contributed by atoms with Crippen molar-refractivity contribution in [3.8, 4) is 5.88 Å². The molecule has 34 heavy (non-hydrogen) atoms. The first kappa shape index (κ1) is 24.3. The number of halogens is 2. The number of nitrogens with zero attached hydrogens (tertiary/aromatic N) is 3. The van der Waals surface area contributed by atoms with Crippen LogP contribution in [0.2, 0.25) is 5.02 Å². The standard InChI is InChI=1S/C24H26BrClN6O2/c1-15-13-16(7-8-20(15)32-11-4-9-27-10-12-32)29-24-28-14-17(23(31-24)34-2)22(33)30-21-18(25)5-3-6-19(21)26/h3,5-8,13-14,27H,4,9-12H2,1-2H3,(H,30,33)(H,28,29,31). The lowest BCUT2D eigenvalue weighted by Crippen LogP contribution is -2.28. The van der Waals surface area contributed by atoms with Crippen LogP contribution in [0.1, 0.15) is 22.3 Å². The van der Waals surface area contributed by atoms with E-state index in [-0.39, 0.29) is 11.4 Å². The van der Waals surface area contributed by atoms with E-state index in [1.807, 2.05) is 6.07 Å². The number of amides is 1. The molecule has 0 bridgehead atoms. The maximum atomic E-state index is 12.8. The quantitative estimate of drug-likeness (QED) is 0.401. The van der Waals surface area contributed by atoms with Crippen molar-refractivity contribution < 1.29 is 9.53 Å². The summed E-state index contributed by atoms with van der Waals surface area (Å²) in [6.07, 6.45) is 2.56. The fourth-order valence-electron chi connectivity index (χ4n) is 3.84. The number of nitrogens with one attached hydrogen (secondary N) is 3. The molecule has 3 aromatic rings. The number of hydrogen-bond acceptors (Lipinski definition) is 7. The van der Waals surface area contributed by atoms with E-state index < -0.39 is 5.91 Å². The number of aryl methyl sites for hydroxylation is 1. The van der Waals surface area contributed by atoms with Crippen molar-refractivity contribution in [1.82, 2.24) is 15.3 Å². The average Bonchev–Trinajstić information content (AvgIpc) is 3.11. The van der Waals surface area contributed by atoms with Gasteiger partial charge in [-0.3, -0.25) is 4.79 Å². The summed E-state index contributed by atoms with van der Waals surface area (Å²) < 4.78 is 6.04. The minimum absolute atomic E-state index is 0.156. The summed E-state index contributed by atoms with van der Waals surface area (Å²) >= 11 is 9.60. The number of methoxy groups -OCH3 is 1. The topological polar surface area (TPSA) is 91.4 Å². The minimum atomic E-state index is -0.427. The molecule has 1 aliphatic heterocycles. The predicted octanol–water partition coefficient (Wildman–Crippen LogP) is 5.01. The van der Waals surface area contributed by atoms with Crippen molar-refractivity contribution in [2.24, 2.45) is 0 Å². The molecular formula is C24H26BrClN6O2. The zero-order chi connectivity index (χ0) is 24.1. The Hall–Kier alpha value is -2.88. The monoisotopic (exact) mass is 544 g/mol. The highest BCUT2D eigenvalue weighted by atomic mass is 79.9. The van der Waals surface area contributed by atoms with Gasteiger partial charge >= 0.3 is 0 Å². The van der Waals surface area contributed by atoms with Gasteiger partial charge in [-0.25, -0.2) is 4.98 Å². The minimum Gasteiger partial charge on any atom is -0.480 e. The van der Waals surface area contributed by atoms with Gasteiger partial charge in [0.15, 0.2) is 0 Å². The van der Waals surface area contributed by atoms with E-state index in [0.29, 0.717) is 21.1 Å². The SMILES string of the molecule is COc1nc(Nc2ccc(N3CCCNCC3)c(C)c2)ncc1C(=O)Nc1c(Cl)cccc1Br. The molecular weight excluding hydrogens is 520 g/mol. The summed E-state index contributed by atoms with van der Waals surface area (Å²) in [4.78, 5) is 23.9. The summed E-state index contributed by atoms with van der Waals surface area (Å²) in [7, 11) is 1.46. The maximum Gasteiger partial charge on any atom is 0.262 e. The molecule has 0 atom stereocenters. The van der Waals surface area contributed by atoms with Crippen molar-refractivity contribution in [3.63, 3.8) is 0 Å². The number of carbonyl (C=O) groups is 1. The number of ether oxygens (including phenoxy) is 1. The lowest BCUT2D eigenvalue weighted by molar-refractivity contribution is 0.102. The molecule has 2 heterocycles. The van der Waals surface area contributed by atoms with Crippen LogP contribution in [0.25, 0.3) is 0 Å². The van der Waals surface area contributed by atoms with E-state index in [2.05, 4.69) is 65.8 Å². The summed E-state index contributed by atoms with van der Waals surface area (Å²) in [5, 5.41) is 9.83. The Morgan fingerprint density at radius 1 is 1.24 bits per heavy atom. The lowest BCUT2D eigenvalue weighted by atomic mass is 10.1. The zero-order valence-electron chi connectivity index (χ0n) is 19.0. The van der Waals surface area contributed by atoms with Gasteiger partial charge in [0.05, 0.1) is 17.8 Å². The van der Waals surface area contributed by atoms with Crippen molar-refractivity contribution >= 4 is 56.4 Å². The normalized spacial score (nSPS) is 13.8. The van der Waals surface area contributed by atoms with Gasteiger partial charge in [0.2, 0.25) is 11.8 Å². The van der Waals surface area contributed by atoms with Crippen LogP contribution in [0.15, 0.2) is 47.1 Å². The number of carbonyl (C=O) groups excluding carboxylic acids is 1. The zero-order valence-corrected chi connectivity index (χ0v) is 21.3. The van der Waals surface area contributed by atoms with E-state index >= 15 is 0 Å². The van der Waals surface area contributed by atoms with Gasteiger partial charge in [-0.2, -0.15) is 4.98 Å². The van der Waals surface area contributed by atoms with Crippen LogP contribution in [0, 0.1) is 6.92 Å². The summed E-state index contributed by atoms with van der Waals surface area (Å²) in [5.74, 6) is 0.0615. The van der Waals surface area contributed by atoms with Gasteiger partial charge in [-0.1, -0.05) is 17.7 Å². The number of rotatable bonds is 6. The highest BCUT2D eigenvalue weighted by molar-refractivity contribution is 9.10. The molecule has 0 spiro atoms. The number of para-hydroxylation sites is 1. The number of benzene rings is 2. The number of anilines is 4. The first-order valence-electron chi connectivity index (χ1n) is 11.0. The van der Waals surface area contributed by atoms with Gasteiger partial charge in [-0.15, -0.1) is 0 Å². The van der Waals surface area contributed by atoms with Gasteiger partial charge < -0.3 is 25.6 Å². The van der Waals surface area contributed by atoms with Gasteiger partial charge in [0, 0.05) is 41.7 Å². The molecule has 2 aromatic carbocycles. The second kappa shape index (κ2) is 11.0. The second-order valence-electron chi connectivity index (χ2n) is 7.88. The molecule has 10 heteroatoms. The Labute approximate surface area is 212 Å². The van der Waals surface area contributed by atoms with E-state index in [9.17, 15) is 4.79 Å². The fraction of sp³-hybridized carbons (Fsp3) is 0.292. The third-order valence-corrected chi connectivity index (χ3v) is 6.50. The van der Waals surface area contributed by atoms with Gasteiger partial charge in [0.1, 0.15) is 5.56 Å². The molecule has 0 aliphatic carbocycles. The molecule has 0 radical (unpaired) electrons. The lowest BCUT2D eigenvalue weighted by Gasteiger charge is -2.24. The third kappa shape index (κ3) is 5.60. The average molecular weight is 546 g/mol. The fourth-order valence-corrected chi connectivity index (χ4v) is 4.64. The molecule has 0 saturated carbocycles. The van der Waals surface area contributed by atoms with Crippen molar-refractivity contribution in [3.05, 3.63) is 63.2 Å². The van der Waals surface area contributed by atoms with Crippen LogP contribution in [0.4, 0.5) is 23.0 Å². The van der Waals surface area contributed by atoms with E-state index in [0.717, 1.165) is 38.3 Å². The third-order valence-electron chi connectivity index (χ3n) is 5.53. The number of aromatic nitrogens is 2. The summed E-state index contributed by atoms with van der Waals surface area (Å²) in [5.41, 5.74) is 3.91. The van der Waals surface area contributed by atoms with Crippen LogP contribution in [-0.4, -0.2) is 49.2 Å². The molecule has 4 rings (SSSR count). The highest BCUT2D eigenvalue weighted by Crippen LogP contribution is 2.31. The van der Waals surface area contributed by atoms with E-state index in [4.69, 9.17) is 16.3 Å². The first-order valence-corrected chi connectivity index (χ1v) is 12.1. The Morgan fingerprint density at radius 3 is 2.85 bits per heavy atom. The van der Waals surface area contributed by atoms with Crippen LogP contribution in [0.5, 0.6) is 5.88 Å². The van der Waals surface area contributed by atoms with Crippen LogP contribution >= 0.6 is 27.5 Å². The Morgan fingerprint density at radius 2 is 2.09 bits per heavy atom. The molecule has 178 valence electrons. The molecule has 1 aromatic heterocycles. The van der Waals surface area contributed by atoms with Crippen molar-refractivity contribution in [2.75, 3.05) is 48.8 Å². The summed E-state index contributed by atoms with van der Waals surface area (Å²) in [6.45, 7) is 6.16. The summed E-state index contributed by atoms with van der Waals surface area (Å²) in [6, 6.07) is 11.5. The van der Waals surface area contributed by atoms with Gasteiger partial charge in [0.25, 0.3) is 5.91 Å².